The number of anilines is 1. The average Bonchev–Trinajstić information content (AvgIpc) is 3.12. The van der Waals surface area contributed by atoms with Crippen molar-refractivity contribution < 1.29 is 0 Å². The third kappa shape index (κ3) is 4.79. The maximum atomic E-state index is 6.39. The molecule has 3 heterocycles. The number of fused-ring (bicyclic) bond motifs is 1. The lowest BCUT2D eigenvalue weighted by molar-refractivity contribution is 0.267. The Labute approximate surface area is 208 Å². The zero-order valence-corrected chi connectivity index (χ0v) is 21.6. The molecule has 0 radical (unpaired) electrons. The van der Waals surface area contributed by atoms with Crippen molar-refractivity contribution in [3.8, 4) is 11.5 Å². The zero-order valence-electron chi connectivity index (χ0n) is 20.9. The second kappa shape index (κ2) is 9.80. The summed E-state index contributed by atoms with van der Waals surface area (Å²) in [4.78, 5) is 18.9. The number of pyridine rings is 1. The van der Waals surface area contributed by atoms with Gasteiger partial charge in [-0.05, 0) is 85.6 Å². The highest BCUT2D eigenvalue weighted by Crippen LogP contribution is 2.36. The van der Waals surface area contributed by atoms with Gasteiger partial charge in [-0.2, -0.15) is 9.97 Å². The van der Waals surface area contributed by atoms with E-state index in [1.807, 2.05) is 6.20 Å². The van der Waals surface area contributed by atoms with Gasteiger partial charge in [0, 0.05) is 18.8 Å². The molecule has 0 unspecified atom stereocenters. The van der Waals surface area contributed by atoms with Crippen LogP contribution in [0.15, 0.2) is 18.3 Å². The molecule has 0 bridgehead atoms. The summed E-state index contributed by atoms with van der Waals surface area (Å²) >= 11 is 6.39. The predicted octanol–water partition coefficient (Wildman–Crippen LogP) is 7.09. The van der Waals surface area contributed by atoms with Gasteiger partial charge in [-0.1, -0.05) is 40.0 Å². The fraction of sp³-hybridized carbons (Fsp3) is 0.630. The summed E-state index contributed by atoms with van der Waals surface area (Å²) in [6.07, 6.45) is 10.8. The third-order valence-corrected chi connectivity index (χ3v) is 8.22. The van der Waals surface area contributed by atoms with Crippen molar-refractivity contribution in [2.75, 3.05) is 5.32 Å². The van der Waals surface area contributed by atoms with Gasteiger partial charge in [-0.15, -0.1) is 0 Å². The van der Waals surface area contributed by atoms with Gasteiger partial charge in [0.2, 0.25) is 5.28 Å². The summed E-state index contributed by atoms with van der Waals surface area (Å²) < 4.78 is 2.33. The standard InChI is InChI=1S/C27H37ClN6/c1-16(2)21-12-13-29-22(14-21)26-31-25-23(34(26)15-19-10-8-17(3)9-11-19)24(32-27(28)33-25)30-18(4)20-6-5-7-20/h12-14,16-20H,5-11,15H2,1-4H3,(H,30,32,33)/t17-,18-,19-/m1/s1. The van der Waals surface area contributed by atoms with Crippen LogP contribution < -0.4 is 5.32 Å². The van der Waals surface area contributed by atoms with Gasteiger partial charge in [0.05, 0.1) is 0 Å². The SMILES string of the molecule is CC(C)c1ccnc(-c2nc3nc(Cl)nc(N[C@H](C)C4CCC4)c3n2C[C@H]2CC[C@H](C)CC2)c1. The van der Waals surface area contributed by atoms with Crippen LogP contribution in [0.4, 0.5) is 5.82 Å². The molecule has 0 amide bonds. The zero-order chi connectivity index (χ0) is 23.8. The van der Waals surface area contributed by atoms with Gasteiger partial charge in [-0.25, -0.2) is 4.98 Å². The lowest BCUT2D eigenvalue weighted by Crippen LogP contribution is -2.31. The van der Waals surface area contributed by atoms with Crippen molar-refractivity contribution in [3.63, 3.8) is 0 Å². The Kier molecular flexibility index (Phi) is 6.79. The highest BCUT2D eigenvalue weighted by molar-refractivity contribution is 6.28. The van der Waals surface area contributed by atoms with E-state index in [0.717, 1.165) is 35.3 Å². The molecule has 5 rings (SSSR count). The smallest absolute Gasteiger partial charge is 0.226 e. The topological polar surface area (TPSA) is 68.5 Å². The maximum absolute atomic E-state index is 6.39. The van der Waals surface area contributed by atoms with Crippen LogP contribution in [0.2, 0.25) is 5.28 Å². The molecule has 1 atom stereocenters. The van der Waals surface area contributed by atoms with E-state index >= 15 is 0 Å². The molecule has 3 aromatic heterocycles. The lowest BCUT2D eigenvalue weighted by Gasteiger charge is -2.32. The van der Waals surface area contributed by atoms with E-state index < -0.39 is 0 Å². The van der Waals surface area contributed by atoms with Gasteiger partial charge in [-0.3, -0.25) is 4.98 Å². The largest absolute Gasteiger partial charge is 0.365 e. The molecule has 2 saturated carbocycles. The minimum absolute atomic E-state index is 0.238. The van der Waals surface area contributed by atoms with Crippen LogP contribution in [0.25, 0.3) is 22.7 Å². The molecule has 1 N–H and O–H groups in total. The van der Waals surface area contributed by atoms with E-state index in [4.69, 9.17) is 21.6 Å². The van der Waals surface area contributed by atoms with Crippen LogP contribution in [-0.2, 0) is 6.54 Å². The van der Waals surface area contributed by atoms with Crippen molar-refractivity contribution in [2.45, 2.75) is 91.1 Å². The lowest BCUT2D eigenvalue weighted by atomic mass is 9.80. The first kappa shape index (κ1) is 23.5. The minimum atomic E-state index is 0.238. The van der Waals surface area contributed by atoms with Crippen molar-refractivity contribution >= 4 is 28.6 Å². The first-order valence-electron chi connectivity index (χ1n) is 13.1. The van der Waals surface area contributed by atoms with Gasteiger partial charge in [0.15, 0.2) is 17.3 Å². The minimum Gasteiger partial charge on any atom is -0.365 e. The molecule has 34 heavy (non-hydrogen) atoms. The van der Waals surface area contributed by atoms with Gasteiger partial charge in [0.1, 0.15) is 11.2 Å². The second-order valence-electron chi connectivity index (χ2n) is 10.9. The molecule has 0 saturated heterocycles. The number of aromatic nitrogens is 5. The Morgan fingerprint density at radius 1 is 1.06 bits per heavy atom. The number of rotatable bonds is 7. The maximum Gasteiger partial charge on any atom is 0.226 e. The number of nitrogens with zero attached hydrogens (tertiary/aromatic N) is 5. The van der Waals surface area contributed by atoms with E-state index in [1.165, 1.54) is 50.5 Å². The Bertz CT molecular complexity index is 1140. The molecule has 7 heteroatoms. The number of nitrogens with one attached hydrogen (secondary N) is 1. The molecule has 6 nitrogen and oxygen atoms in total. The molecule has 2 aliphatic carbocycles. The second-order valence-corrected chi connectivity index (χ2v) is 11.3. The summed E-state index contributed by atoms with van der Waals surface area (Å²) in [5.41, 5.74) is 3.76. The van der Waals surface area contributed by atoms with Gasteiger partial charge >= 0.3 is 0 Å². The van der Waals surface area contributed by atoms with Crippen LogP contribution in [-0.4, -0.2) is 30.5 Å². The Morgan fingerprint density at radius 2 is 1.82 bits per heavy atom. The Hall–Kier alpha value is -2.21. The van der Waals surface area contributed by atoms with Crippen molar-refractivity contribution in [1.29, 1.82) is 0 Å². The fourth-order valence-corrected chi connectivity index (χ4v) is 5.62. The highest BCUT2D eigenvalue weighted by atomic mass is 35.5. The number of halogens is 1. The quantitative estimate of drug-likeness (QED) is 0.365. The van der Waals surface area contributed by atoms with Crippen LogP contribution in [0, 0.1) is 17.8 Å². The number of hydrogen-bond donors (Lipinski definition) is 1. The monoisotopic (exact) mass is 480 g/mol. The first-order chi connectivity index (χ1) is 16.4. The van der Waals surface area contributed by atoms with Crippen LogP contribution in [0.1, 0.15) is 84.1 Å². The molecular formula is C27H37ClN6. The average molecular weight is 481 g/mol. The van der Waals surface area contributed by atoms with Crippen LogP contribution in [0.5, 0.6) is 0 Å². The molecule has 3 aromatic rings. The third-order valence-electron chi connectivity index (χ3n) is 8.05. The summed E-state index contributed by atoms with van der Waals surface area (Å²) in [5.74, 6) is 4.22. The summed E-state index contributed by atoms with van der Waals surface area (Å²) in [6, 6.07) is 4.60. The van der Waals surface area contributed by atoms with Crippen molar-refractivity contribution in [2.24, 2.45) is 17.8 Å². The van der Waals surface area contributed by atoms with Crippen molar-refractivity contribution in [1.82, 2.24) is 24.5 Å². The predicted molar refractivity (Wildman–Crippen MR) is 139 cm³/mol. The molecule has 2 aliphatic rings. The summed E-state index contributed by atoms with van der Waals surface area (Å²) in [7, 11) is 0. The number of imidazole rings is 1. The molecule has 0 aliphatic heterocycles. The van der Waals surface area contributed by atoms with Gasteiger partial charge < -0.3 is 9.88 Å². The fourth-order valence-electron chi connectivity index (χ4n) is 5.45. The molecule has 0 aromatic carbocycles. The normalized spacial score (nSPS) is 22.2. The van der Waals surface area contributed by atoms with Crippen LogP contribution >= 0.6 is 11.6 Å². The van der Waals surface area contributed by atoms with Gasteiger partial charge in [0.25, 0.3) is 0 Å². The van der Waals surface area contributed by atoms with Crippen molar-refractivity contribution in [3.05, 3.63) is 29.2 Å². The van der Waals surface area contributed by atoms with Crippen LogP contribution in [0.3, 0.4) is 0 Å². The summed E-state index contributed by atoms with van der Waals surface area (Å²) in [6.45, 7) is 9.95. The Morgan fingerprint density at radius 3 is 2.50 bits per heavy atom. The molecule has 2 fully saturated rings. The summed E-state index contributed by atoms with van der Waals surface area (Å²) in [5, 5.41) is 3.93. The molecular weight excluding hydrogens is 444 g/mol. The molecule has 0 spiro atoms. The van der Waals surface area contributed by atoms with E-state index in [-0.39, 0.29) is 5.28 Å². The first-order valence-corrected chi connectivity index (χ1v) is 13.4. The Balaban J connectivity index is 1.61. The highest BCUT2D eigenvalue weighted by Gasteiger charge is 2.28. The van der Waals surface area contributed by atoms with E-state index in [2.05, 4.69) is 59.7 Å². The van der Waals surface area contributed by atoms with E-state index in [9.17, 15) is 0 Å². The van der Waals surface area contributed by atoms with E-state index in [0.29, 0.717) is 29.4 Å². The van der Waals surface area contributed by atoms with E-state index in [1.54, 1.807) is 0 Å². The number of hydrogen-bond acceptors (Lipinski definition) is 5. The molecule has 182 valence electrons.